The van der Waals surface area contributed by atoms with Crippen LogP contribution in [0.15, 0.2) is 0 Å². The molecule has 6 heteroatoms. The lowest BCUT2D eigenvalue weighted by molar-refractivity contribution is 0.0984. The highest BCUT2D eigenvalue weighted by molar-refractivity contribution is 5.93. The summed E-state index contributed by atoms with van der Waals surface area (Å²) in [4.78, 5) is 10.9. The Morgan fingerprint density at radius 2 is 2.60 bits per heavy atom. The molecule has 2 N–H and O–H groups in total. The second-order valence-electron chi connectivity index (χ2n) is 1.69. The van der Waals surface area contributed by atoms with Crippen molar-refractivity contribution in [2.45, 2.75) is 0 Å². The van der Waals surface area contributed by atoms with Crippen LogP contribution in [-0.2, 0) is 0 Å². The highest BCUT2D eigenvalue weighted by atomic mass is 16.1. The molecule has 6 nitrogen and oxygen atoms in total. The number of nitrogens with one attached hydrogen (secondary N) is 2. The van der Waals surface area contributed by atoms with Gasteiger partial charge in [-0.05, 0) is 12.3 Å². The second-order valence-corrected chi connectivity index (χ2v) is 1.69. The highest BCUT2D eigenvalue weighted by Crippen LogP contribution is 1.82. The number of likely N-dealkylation sites (N-methyl/N-ethyl adjacent to an activating group) is 1. The van der Waals surface area contributed by atoms with Crippen molar-refractivity contribution >= 4 is 5.78 Å². The Bertz CT molecular complexity index is 205. The zero-order valence-electron chi connectivity index (χ0n) is 5.46. The fourth-order valence-corrected chi connectivity index (χ4v) is 0.520. The zero-order chi connectivity index (χ0) is 7.40. The van der Waals surface area contributed by atoms with E-state index in [4.69, 9.17) is 0 Å². The molecule has 0 fully saturated rings. The van der Waals surface area contributed by atoms with Gasteiger partial charge in [-0.3, -0.25) is 4.79 Å². The number of nitrogens with zero attached hydrogens (tertiary/aromatic N) is 3. The van der Waals surface area contributed by atoms with Crippen molar-refractivity contribution in [1.29, 1.82) is 0 Å². The van der Waals surface area contributed by atoms with E-state index in [2.05, 4.69) is 25.9 Å². The van der Waals surface area contributed by atoms with Crippen LogP contribution in [0, 0.1) is 0 Å². The van der Waals surface area contributed by atoms with Gasteiger partial charge in [0.15, 0.2) is 0 Å². The number of tetrazole rings is 1. The first-order chi connectivity index (χ1) is 4.84. The molecule has 0 spiro atoms. The second kappa shape index (κ2) is 3.02. The van der Waals surface area contributed by atoms with Crippen molar-refractivity contribution in [2.24, 2.45) is 0 Å². The van der Waals surface area contributed by atoms with E-state index in [1.54, 1.807) is 7.05 Å². The van der Waals surface area contributed by atoms with Crippen molar-refractivity contribution < 1.29 is 4.79 Å². The number of ketones is 1. The molecule has 1 aromatic heterocycles. The minimum absolute atomic E-state index is 0.120. The predicted octanol–water partition coefficient (Wildman–Crippen LogP) is -1.40. The lowest BCUT2D eigenvalue weighted by atomic mass is 10.4. The predicted molar refractivity (Wildman–Crippen MR) is 32.4 cm³/mol. The van der Waals surface area contributed by atoms with E-state index in [0.29, 0.717) is 0 Å². The van der Waals surface area contributed by atoms with Crippen LogP contribution in [0.2, 0.25) is 0 Å². The molecule has 0 aliphatic heterocycles. The smallest absolute Gasteiger partial charge is 0.241 e. The van der Waals surface area contributed by atoms with Crippen LogP contribution < -0.4 is 5.32 Å². The van der Waals surface area contributed by atoms with E-state index in [1.807, 2.05) is 0 Å². The van der Waals surface area contributed by atoms with E-state index in [0.717, 1.165) is 0 Å². The number of aromatic amines is 1. The van der Waals surface area contributed by atoms with E-state index < -0.39 is 0 Å². The Labute approximate surface area is 57.0 Å². The van der Waals surface area contributed by atoms with Gasteiger partial charge in [0.2, 0.25) is 11.6 Å². The van der Waals surface area contributed by atoms with E-state index in [9.17, 15) is 4.79 Å². The van der Waals surface area contributed by atoms with Gasteiger partial charge in [0, 0.05) is 0 Å². The molecule has 0 aliphatic rings. The van der Waals surface area contributed by atoms with Gasteiger partial charge >= 0.3 is 0 Å². The Balaban J connectivity index is 2.59. The average Bonchev–Trinajstić information content (AvgIpc) is 2.38. The van der Waals surface area contributed by atoms with Gasteiger partial charge in [-0.1, -0.05) is 0 Å². The maximum atomic E-state index is 10.9. The van der Waals surface area contributed by atoms with Crippen LogP contribution >= 0.6 is 0 Å². The SMILES string of the molecule is CNCC(=O)c1nn[nH]n1. The molecule has 1 aromatic rings. The van der Waals surface area contributed by atoms with Gasteiger partial charge in [0.1, 0.15) is 0 Å². The van der Waals surface area contributed by atoms with E-state index in [1.165, 1.54) is 0 Å². The summed E-state index contributed by atoms with van der Waals surface area (Å²) in [6.07, 6.45) is 0. The summed E-state index contributed by atoms with van der Waals surface area (Å²) in [6.45, 7) is 0.236. The number of carbonyl (C=O) groups is 1. The number of H-pyrrole nitrogens is 1. The number of hydrogen-bond donors (Lipinski definition) is 2. The molecule has 0 saturated carbocycles. The van der Waals surface area contributed by atoms with Crippen LogP contribution in [-0.4, -0.2) is 40.0 Å². The molecule has 1 rings (SSSR count). The lowest BCUT2D eigenvalue weighted by Crippen LogP contribution is -2.19. The zero-order valence-corrected chi connectivity index (χ0v) is 5.46. The molecule has 0 saturated heterocycles. The maximum Gasteiger partial charge on any atom is 0.241 e. The molecule has 0 unspecified atom stereocenters. The molecule has 10 heavy (non-hydrogen) atoms. The monoisotopic (exact) mass is 141 g/mol. The van der Waals surface area contributed by atoms with Gasteiger partial charge in [-0.2, -0.15) is 5.21 Å². The Morgan fingerprint density at radius 3 is 3.10 bits per heavy atom. The average molecular weight is 141 g/mol. The molecular formula is C4H7N5O. The fourth-order valence-electron chi connectivity index (χ4n) is 0.520. The van der Waals surface area contributed by atoms with Gasteiger partial charge in [0.05, 0.1) is 6.54 Å². The Hall–Kier alpha value is -1.30. The topological polar surface area (TPSA) is 83.6 Å². The Kier molecular flexibility index (Phi) is 2.06. The molecule has 0 bridgehead atoms. The first kappa shape index (κ1) is 6.81. The third-order valence-corrected chi connectivity index (χ3v) is 0.932. The van der Waals surface area contributed by atoms with Crippen molar-refractivity contribution in [3.8, 4) is 0 Å². The molecule has 0 aliphatic carbocycles. The lowest BCUT2D eigenvalue weighted by Gasteiger charge is -1.89. The van der Waals surface area contributed by atoms with Crippen molar-refractivity contribution in [3.63, 3.8) is 0 Å². The largest absolute Gasteiger partial charge is 0.313 e. The standard InChI is InChI=1S/C4H7N5O/c1-5-2-3(10)4-6-8-9-7-4/h5H,2H2,1H3,(H,6,7,8,9). The third-order valence-electron chi connectivity index (χ3n) is 0.932. The van der Waals surface area contributed by atoms with Gasteiger partial charge < -0.3 is 5.32 Å². The van der Waals surface area contributed by atoms with Crippen LogP contribution in [0.5, 0.6) is 0 Å². The Morgan fingerprint density at radius 1 is 1.80 bits per heavy atom. The summed E-state index contributed by atoms with van der Waals surface area (Å²) < 4.78 is 0. The molecule has 54 valence electrons. The number of Topliss-reactive ketones (excluding diaryl/α,β-unsaturated/α-hetero) is 1. The third kappa shape index (κ3) is 1.35. The van der Waals surface area contributed by atoms with Crippen LogP contribution in [0.25, 0.3) is 0 Å². The summed E-state index contributed by atoms with van der Waals surface area (Å²) in [5, 5.41) is 15.1. The first-order valence-electron chi connectivity index (χ1n) is 2.76. The van der Waals surface area contributed by atoms with Crippen LogP contribution in [0.1, 0.15) is 10.6 Å². The van der Waals surface area contributed by atoms with Crippen molar-refractivity contribution in [1.82, 2.24) is 25.9 Å². The number of aromatic nitrogens is 4. The molecule has 0 amide bonds. The fraction of sp³-hybridized carbons (Fsp3) is 0.500. The number of hydrogen-bond acceptors (Lipinski definition) is 5. The number of rotatable bonds is 3. The minimum atomic E-state index is -0.170. The van der Waals surface area contributed by atoms with Gasteiger partial charge in [-0.15, -0.1) is 10.2 Å². The maximum absolute atomic E-state index is 10.9. The van der Waals surface area contributed by atoms with Gasteiger partial charge in [-0.25, -0.2) is 0 Å². The van der Waals surface area contributed by atoms with Crippen LogP contribution in [0.4, 0.5) is 0 Å². The van der Waals surface area contributed by atoms with E-state index in [-0.39, 0.29) is 18.2 Å². The summed E-state index contributed by atoms with van der Waals surface area (Å²) >= 11 is 0. The summed E-state index contributed by atoms with van der Waals surface area (Å²) in [5.41, 5.74) is 0. The first-order valence-corrected chi connectivity index (χ1v) is 2.76. The molecule has 0 aromatic carbocycles. The molecular weight excluding hydrogens is 134 g/mol. The van der Waals surface area contributed by atoms with E-state index >= 15 is 0 Å². The molecule has 0 radical (unpaired) electrons. The summed E-state index contributed by atoms with van der Waals surface area (Å²) in [6, 6.07) is 0. The van der Waals surface area contributed by atoms with Gasteiger partial charge in [0.25, 0.3) is 0 Å². The normalized spacial score (nSPS) is 9.70. The molecule has 1 heterocycles. The summed E-state index contributed by atoms with van der Waals surface area (Å²) in [5.74, 6) is -0.0504. The van der Waals surface area contributed by atoms with Crippen molar-refractivity contribution in [2.75, 3.05) is 13.6 Å². The summed E-state index contributed by atoms with van der Waals surface area (Å²) in [7, 11) is 1.68. The minimum Gasteiger partial charge on any atom is -0.313 e. The quantitative estimate of drug-likeness (QED) is 0.506. The van der Waals surface area contributed by atoms with Crippen LogP contribution in [0.3, 0.4) is 0 Å². The van der Waals surface area contributed by atoms with Crippen molar-refractivity contribution in [3.05, 3.63) is 5.82 Å². The number of carbonyl (C=O) groups excluding carboxylic acids is 1. The molecule has 0 atom stereocenters. The highest BCUT2D eigenvalue weighted by Gasteiger charge is 2.07.